The van der Waals surface area contributed by atoms with Crippen LogP contribution in [0, 0.1) is 0 Å². The molecule has 0 radical (unpaired) electrons. The smallest absolute Gasteiger partial charge is 0.255 e. The van der Waals surface area contributed by atoms with Crippen LogP contribution in [0.2, 0.25) is 0 Å². The molecule has 0 bridgehead atoms. The van der Waals surface area contributed by atoms with Crippen molar-refractivity contribution in [2.24, 2.45) is 0 Å². The van der Waals surface area contributed by atoms with Crippen LogP contribution < -0.4 is 11.1 Å². The molecule has 4 nitrogen and oxygen atoms in total. The van der Waals surface area contributed by atoms with E-state index < -0.39 is 0 Å². The van der Waals surface area contributed by atoms with Crippen molar-refractivity contribution in [2.75, 3.05) is 11.1 Å². The molecule has 0 unspecified atom stereocenters. The largest absolute Gasteiger partial charge is 0.506 e. The molecule has 4 heteroatoms. The Hall–Kier alpha value is -2.49. The van der Waals surface area contributed by atoms with Crippen molar-refractivity contribution in [3.8, 4) is 5.75 Å². The van der Waals surface area contributed by atoms with Crippen LogP contribution in [-0.4, -0.2) is 11.0 Å². The average molecular weight is 256 g/mol. The van der Waals surface area contributed by atoms with Gasteiger partial charge in [-0.15, -0.1) is 0 Å². The number of rotatable bonds is 3. The van der Waals surface area contributed by atoms with E-state index in [0.717, 1.165) is 17.7 Å². The molecule has 0 aliphatic heterocycles. The summed E-state index contributed by atoms with van der Waals surface area (Å²) in [4.78, 5) is 12.1. The standard InChI is InChI=1S/C15H16N2O2/c1-2-10-5-3-4-6-13(10)17-15(19)11-7-8-12(16)14(18)9-11/h3-9,18H,2,16H2,1H3,(H,17,19). The number of hydrogen-bond donors (Lipinski definition) is 3. The highest BCUT2D eigenvalue weighted by Crippen LogP contribution is 2.22. The van der Waals surface area contributed by atoms with Crippen molar-refractivity contribution < 1.29 is 9.90 Å². The van der Waals surface area contributed by atoms with Gasteiger partial charge in [0.15, 0.2) is 0 Å². The third-order valence-corrected chi connectivity index (χ3v) is 2.94. The Morgan fingerprint density at radius 3 is 2.68 bits per heavy atom. The molecular weight excluding hydrogens is 240 g/mol. The maximum Gasteiger partial charge on any atom is 0.255 e. The first kappa shape index (κ1) is 13.0. The minimum Gasteiger partial charge on any atom is -0.506 e. The van der Waals surface area contributed by atoms with E-state index in [-0.39, 0.29) is 17.3 Å². The molecule has 4 N–H and O–H groups in total. The maximum absolute atomic E-state index is 12.1. The van der Waals surface area contributed by atoms with Crippen LogP contribution in [-0.2, 0) is 6.42 Å². The van der Waals surface area contributed by atoms with Gasteiger partial charge >= 0.3 is 0 Å². The van der Waals surface area contributed by atoms with Gasteiger partial charge in [0.2, 0.25) is 0 Å². The second-order valence-electron chi connectivity index (χ2n) is 4.24. The van der Waals surface area contributed by atoms with E-state index >= 15 is 0 Å². The number of carbonyl (C=O) groups excluding carboxylic acids is 1. The molecule has 0 aliphatic rings. The van der Waals surface area contributed by atoms with Crippen LogP contribution in [0.4, 0.5) is 11.4 Å². The fraction of sp³-hybridized carbons (Fsp3) is 0.133. The Morgan fingerprint density at radius 2 is 2.00 bits per heavy atom. The first-order valence-electron chi connectivity index (χ1n) is 6.09. The normalized spacial score (nSPS) is 10.2. The quantitative estimate of drug-likeness (QED) is 0.584. The van der Waals surface area contributed by atoms with Crippen molar-refractivity contribution in [1.82, 2.24) is 0 Å². The van der Waals surface area contributed by atoms with Gasteiger partial charge in [-0.05, 0) is 36.2 Å². The second kappa shape index (κ2) is 5.44. The molecule has 19 heavy (non-hydrogen) atoms. The fourth-order valence-electron chi connectivity index (χ4n) is 1.83. The molecule has 0 spiro atoms. The summed E-state index contributed by atoms with van der Waals surface area (Å²) in [5.74, 6) is -0.354. The van der Waals surface area contributed by atoms with Gasteiger partial charge in [-0.1, -0.05) is 25.1 Å². The summed E-state index contributed by atoms with van der Waals surface area (Å²) < 4.78 is 0. The number of para-hydroxylation sites is 1. The minimum absolute atomic E-state index is 0.0866. The highest BCUT2D eigenvalue weighted by Gasteiger charge is 2.09. The lowest BCUT2D eigenvalue weighted by Crippen LogP contribution is -2.13. The molecule has 0 saturated heterocycles. The minimum atomic E-state index is -0.267. The molecule has 0 aliphatic carbocycles. The highest BCUT2D eigenvalue weighted by atomic mass is 16.3. The third kappa shape index (κ3) is 2.85. The number of nitrogen functional groups attached to an aromatic ring is 1. The van der Waals surface area contributed by atoms with Crippen LogP contribution in [0.15, 0.2) is 42.5 Å². The summed E-state index contributed by atoms with van der Waals surface area (Å²) in [5, 5.41) is 12.3. The zero-order chi connectivity index (χ0) is 13.8. The molecule has 1 amide bonds. The highest BCUT2D eigenvalue weighted by molar-refractivity contribution is 6.05. The Labute approximate surface area is 111 Å². The zero-order valence-corrected chi connectivity index (χ0v) is 10.7. The van der Waals surface area contributed by atoms with Crippen molar-refractivity contribution >= 4 is 17.3 Å². The van der Waals surface area contributed by atoms with Crippen LogP contribution in [0.1, 0.15) is 22.8 Å². The van der Waals surface area contributed by atoms with Crippen LogP contribution in [0.25, 0.3) is 0 Å². The van der Waals surface area contributed by atoms with E-state index in [0.29, 0.717) is 5.56 Å². The molecule has 0 heterocycles. The van der Waals surface area contributed by atoms with Gasteiger partial charge in [0.25, 0.3) is 5.91 Å². The van der Waals surface area contributed by atoms with E-state index in [9.17, 15) is 9.90 Å². The molecule has 2 rings (SSSR count). The van der Waals surface area contributed by atoms with E-state index in [4.69, 9.17) is 5.73 Å². The summed E-state index contributed by atoms with van der Waals surface area (Å²) in [6, 6.07) is 12.1. The van der Waals surface area contributed by atoms with Gasteiger partial charge in [0, 0.05) is 11.3 Å². The Bertz CT molecular complexity index is 609. The molecular formula is C15H16N2O2. The van der Waals surface area contributed by atoms with Crippen LogP contribution in [0.5, 0.6) is 5.75 Å². The number of nitrogens with two attached hydrogens (primary N) is 1. The van der Waals surface area contributed by atoms with E-state index in [1.807, 2.05) is 31.2 Å². The van der Waals surface area contributed by atoms with Crippen molar-refractivity contribution in [3.63, 3.8) is 0 Å². The zero-order valence-electron chi connectivity index (χ0n) is 10.7. The lowest BCUT2D eigenvalue weighted by atomic mass is 10.1. The summed E-state index contributed by atoms with van der Waals surface area (Å²) >= 11 is 0. The molecule has 0 aromatic heterocycles. The summed E-state index contributed by atoms with van der Waals surface area (Å²) in [7, 11) is 0. The first-order valence-corrected chi connectivity index (χ1v) is 6.09. The molecule has 2 aromatic carbocycles. The van der Waals surface area contributed by atoms with E-state index in [1.165, 1.54) is 12.1 Å². The number of amides is 1. The Kier molecular flexibility index (Phi) is 3.71. The number of aryl methyl sites for hydroxylation is 1. The lowest BCUT2D eigenvalue weighted by molar-refractivity contribution is 0.102. The van der Waals surface area contributed by atoms with Gasteiger partial charge in [-0.3, -0.25) is 4.79 Å². The van der Waals surface area contributed by atoms with Crippen LogP contribution >= 0.6 is 0 Å². The molecule has 0 atom stereocenters. The van der Waals surface area contributed by atoms with Crippen molar-refractivity contribution in [3.05, 3.63) is 53.6 Å². The number of anilines is 2. The number of aromatic hydroxyl groups is 1. The van der Waals surface area contributed by atoms with Crippen LogP contribution in [0.3, 0.4) is 0 Å². The molecule has 98 valence electrons. The van der Waals surface area contributed by atoms with Crippen molar-refractivity contribution in [2.45, 2.75) is 13.3 Å². The van der Waals surface area contributed by atoms with Gasteiger partial charge in [0.05, 0.1) is 5.69 Å². The second-order valence-corrected chi connectivity index (χ2v) is 4.24. The van der Waals surface area contributed by atoms with E-state index in [2.05, 4.69) is 5.32 Å². The third-order valence-electron chi connectivity index (χ3n) is 2.94. The monoisotopic (exact) mass is 256 g/mol. The fourth-order valence-corrected chi connectivity index (χ4v) is 1.83. The Balaban J connectivity index is 2.23. The summed E-state index contributed by atoms with van der Waals surface area (Å²) in [6.07, 6.45) is 0.837. The van der Waals surface area contributed by atoms with Gasteiger partial charge in [-0.25, -0.2) is 0 Å². The molecule has 2 aromatic rings. The lowest BCUT2D eigenvalue weighted by Gasteiger charge is -2.10. The predicted octanol–water partition coefficient (Wildman–Crippen LogP) is 2.79. The molecule has 0 fully saturated rings. The predicted molar refractivity (Wildman–Crippen MR) is 76.3 cm³/mol. The summed E-state index contributed by atoms with van der Waals surface area (Å²) in [6.45, 7) is 2.03. The number of carbonyl (C=O) groups is 1. The summed E-state index contributed by atoms with van der Waals surface area (Å²) in [5.41, 5.74) is 7.98. The number of phenols is 1. The van der Waals surface area contributed by atoms with Gasteiger partial charge in [0.1, 0.15) is 5.75 Å². The number of benzene rings is 2. The van der Waals surface area contributed by atoms with Gasteiger partial charge < -0.3 is 16.2 Å². The SMILES string of the molecule is CCc1ccccc1NC(=O)c1ccc(N)c(O)c1. The average Bonchev–Trinajstić information content (AvgIpc) is 2.42. The maximum atomic E-state index is 12.1. The number of nitrogens with one attached hydrogen (secondary N) is 1. The van der Waals surface area contributed by atoms with Gasteiger partial charge in [-0.2, -0.15) is 0 Å². The number of hydrogen-bond acceptors (Lipinski definition) is 3. The Morgan fingerprint density at radius 1 is 1.26 bits per heavy atom. The van der Waals surface area contributed by atoms with Crippen molar-refractivity contribution in [1.29, 1.82) is 0 Å². The molecule has 0 saturated carbocycles. The number of phenolic OH excluding ortho intramolecular Hbond substituents is 1. The topological polar surface area (TPSA) is 75.4 Å². The first-order chi connectivity index (χ1) is 9.11. The van der Waals surface area contributed by atoms with E-state index in [1.54, 1.807) is 6.07 Å².